The first-order valence-electron chi connectivity index (χ1n) is 18.7. The van der Waals surface area contributed by atoms with E-state index in [1.165, 1.54) is 0 Å². The SMILES string of the molecule is C=CC(=O)OCC(C)(COC(=O)C=C)CC(=O)OCC(F)(F)C(F)(F)C(F)(F)OC(F)C(F)(F)OCCOC(F)(F)C(F)OC(F)(F)C(F)(F)C(F)(F)COC(=O)NC(C)(COC(=O)C=C)COC(=O)C=C. The van der Waals surface area contributed by atoms with Gasteiger partial charge in [0.25, 0.3) is 12.7 Å². The number of halogens is 18. The van der Waals surface area contributed by atoms with E-state index in [9.17, 15) is 108 Å². The van der Waals surface area contributed by atoms with Crippen molar-refractivity contribution in [3.05, 3.63) is 50.6 Å². The Morgan fingerprint density at radius 3 is 1.10 bits per heavy atom. The minimum Gasteiger partial charge on any atom is -0.462 e. The van der Waals surface area contributed by atoms with Crippen LogP contribution in [0.4, 0.5) is 83.8 Å². The van der Waals surface area contributed by atoms with Crippen LogP contribution in [0.2, 0.25) is 0 Å². The molecule has 0 aliphatic heterocycles. The second-order valence-electron chi connectivity index (χ2n) is 14.4. The summed E-state index contributed by atoms with van der Waals surface area (Å²) in [7, 11) is 0. The largest absolute Gasteiger partial charge is 0.462 e. The summed E-state index contributed by atoms with van der Waals surface area (Å²) >= 11 is 0. The molecule has 0 aliphatic carbocycles. The number of hydrogen-bond acceptors (Lipinski definition) is 16. The van der Waals surface area contributed by atoms with Crippen molar-refractivity contribution in [3.8, 4) is 0 Å². The molecule has 0 spiro atoms. The Balaban J connectivity index is 5.66. The summed E-state index contributed by atoms with van der Waals surface area (Å²) in [5.41, 5.74) is -4.09. The van der Waals surface area contributed by atoms with Gasteiger partial charge in [-0.25, -0.2) is 32.8 Å². The molecular weight excluding hydrogens is 1060 g/mol. The normalized spacial score (nSPS) is 14.2. The molecule has 2 unspecified atom stereocenters. The highest BCUT2D eigenvalue weighted by atomic mass is 19.4. The van der Waals surface area contributed by atoms with Crippen molar-refractivity contribution < 1.29 is 155 Å². The van der Waals surface area contributed by atoms with Crippen LogP contribution in [0.3, 0.4) is 0 Å². The van der Waals surface area contributed by atoms with Gasteiger partial charge in [-0.15, -0.1) is 0 Å². The van der Waals surface area contributed by atoms with Gasteiger partial charge in [0.05, 0.1) is 19.6 Å². The van der Waals surface area contributed by atoms with Crippen LogP contribution in [0.15, 0.2) is 50.6 Å². The molecule has 72 heavy (non-hydrogen) atoms. The molecule has 414 valence electrons. The van der Waals surface area contributed by atoms with Crippen LogP contribution in [0.5, 0.6) is 0 Å². The highest BCUT2D eigenvalue weighted by Gasteiger charge is 2.76. The number of nitrogens with one attached hydrogen (secondary N) is 1. The average molecular weight is 1100 g/mol. The summed E-state index contributed by atoms with van der Waals surface area (Å²) in [4.78, 5) is 69.8. The predicted octanol–water partition coefficient (Wildman–Crippen LogP) is 6.90. The Bertz CT molecular complexity index is 1760. The zero-order valence-corrected chi connectivity index (χ0v) is 36.5. The number of carbonyl (C=O) groups is 6. The molecule has 0 bridgehead atoms. The third-order valence-corrected chi connectivity index (χ3v) is 7.99. The van der Waals surface area contributed by atoms with Gasteiger partial charge in [0.15, 0.2) is 13.2 Å². The number of amides is 1. The summed E-state index contributed by atoms with van der Waals surface area (Å²) in [6, 6.07) is 0. The van der Waals surface area contributed by atoms with Gasteiger partial charge < -0.3 is 43.2 Å². The summed E-state index contributed by atoms with van der Waals surface area (Å²) < 4.78 is 292. The third kappa shape index (κ3) is 19.3. The fourth-order valence-corrected chi connectivity index (χ4v) is 4.09. The van der Waals surface area contributed by atoms with Gasteiger partial charge in [0, 0.05) is 29.7 Å². The van der Waals surface area contributed by atoms with Crippen molar-refractivity contribution in [2.24, 2.45) is 5.41 Å². The molecule has 35 heteroatoms. The topological polar surface area (TPSA) is 207 Å². The lowest BCUT2D eigenvalue weighted by atomic mass is 9.88. The van der Waals surface area contributed by atoms with Crippen LogP contribution in [0, 0.1) is 5.41 Å². The smallest absolute Gasteiger partial charge is 0.428 e. The van der Waals surface area contributed by atoms with Crippen LogP contribution in [-0.2, 0) is 71.3 Å². The van der Waals surface area contributed by atoms with E-state index in [4.69, 9.17) is 0 Å². The van der Waals surface area contributed by atoms with Crippen LogP contribution in [0.25, 0.3) is 0 Å². The highest BCUT2D eigenvalue weighted by molar-refractivity contribution is 5.82. The first-order valence-corrected chi connectivity index (χ1v) is 18.7. The summed E-state index contributed by atoms with van der Waals surface area (Å²) in [5, 5.41) is 1.58. The molecule has 0 saturated heterocycles. The van der Waals surface area contributed by atoms with Crippen molar-refractivity contribution in [3.63, 3.8) is 0 Å². The molecule has 1 amide bonds. The average Bonchev–Trinajstić information content (AvgIpc) is 3.27. The van der Waals surface area contributed by atoms with E-state index in [0.29, 0.717) is 24.3 Å². The van der Waals surface area contributed by atoms with Crippen LogP contribution in [0.1, 0.15) is 20.3 Å². The number of alkyl carbamates (subject to hydrolysis) is 1. The van der Waals surface area contributed by atoms with E-state index in [1.54, 1.807) is 5.32 Å². The summed E-state index contributed by atoms with van der Waals surface area (Å²) in [6.45, 7) is -0.949. The standard InChI is InChI=1S/C37H39F18NO16/c1-7-20(57)63-14-28(5,15-64-21(58)8-2)13-24(61)67-18-30(40,41)34(48,49)36(52,53)71-25(38)32(44,45)69-11-12-70-33(46,47)26(39)72-37(54,55)35(50,51)31(42,43)19-68-27(62)56-29(6,16-65-22(59)9-3)17-66-23(60)10-4/h7-10,25-26H,1-4,11-19H2,5-6H3,(H,56,62). The quantitative estimate of drug-likeness (QED) is 0.0229. The molecule has 0 saturated carbocycles. The Morgan fingerprint density at radius 2 is 0.778 bits per heavy atom. The molecule has 0 fully saturated rings. The molecule has 0 heterocycles. The lowest BCUT2D eigenvalue weighted by Crippen LogP contribution is -2.60. The molecule has 0 rings (SSSR count). The van der Waals surface area contributed by atoms with Crippen molar-refractivity contribution >= 4 is 35.9 Å². The number of hydrogen-bond donors (Lipinski definition) is 1. The summed E-state index contributed by atoms with van der Waals surface area (Å²) in [5.74, 6) is -33.8. The van der Waals surface area contributed by atoms with Gasteiger partial charge in [0.2, 0.25) is 0 Å². The van der Waals surface area contributed by atoms with Crippen LogP contribution in [-0.4, -0.2) is 155 Å². The van der Waals surface area contributed by atoms with Gasteiger partial charge in [0.1, 0.15) is 32.0 Å². The molecule has 1 N–H and O–H groups in total. The fraction of sp³-hybridized carbons (Fsp3) is 0.622. The molecule has 2 atom stereocenters. The Morgan fingerprint density at radius 1 is 0.472 bits per heavy atom. The lowest BCUT2D eigenvalue weighted by Gasteiger charge is -2.34. The Labute approximate surface area is 392 Å². The van der Waals surface area contributed by atoms with Crippen molar-refractivity contribution in [1.82, 2.24) is 5.32 Å². The predicted molar refractivity (Wildman–Crippen MR) is 195 cm³/mol. The van der Waals surface area contributed by atoms with Crippen molar-refractivity contribution in [2.75, 3.05) is 52.9 Å². The molecule has 0 radical (unpaired) electrons. The monoisotopic (exact) mass is 1100 g/mol. The molecule has 0 aromatic rings. The maximum absolute atomic E-state index is 14.3. The zero-order valence-electron chi connectivity index (χ0n) is 36.5. The van der Waals surface area contributed by atoms with Crippen LogP contribution < -0.4 is 5.32 Å². The third-order valence-electron chi connectivity index (χ3n) is 7.99. The van der Waals surface area contributed by atoms with Gasteiger partial charge in [-0.05, 0) is 6.92 Å². The van der Waals surface area contributed by atoms with Crippen LogP contribution >= 0.6 is 0 Å². The lowest BCUT2D eigenvalue weighted by molar-refractivity contribution is -0.458. The summed E-state index contributed by atoms with van der Waals surface area (Å²) in [6.07, 6.45) is -38.2. The second-order valence-corrected chi connectivity index (χ2v) is 14.4. The number of alkyl halides is 18. The van der Waals surface area contributed by atoms with E-state index in [2.05, 4.69) is 73.7 Å². The Kier molecular flexibility index (Phi) is 23.6. The van der Waals surface area contributed by atoms with E-state index < -0.39 is 167 Å². The van der Waals surface area contributed by atoms with E-state index >= 15 is 0 Å². The molecule has 0 aromatic heterocycles. The van der Waals surface area contributed by atoms with Crippen molar-refractivity contribution in [2.45, 2.75) is 86.6 Å². The number of ether oxygens (including phenoxy) is 10. The molecule has 0 aromatic carbocycles. The maximum Gasteiger partial charge on any atom is 0.428 e. The van der Waals surface area contributed by atoms with Gasteiger partial charge in [-0.2, -0.15) is 70.2 Å². The van der Waals surface area contributed by atoms with E-state index in [-0.39, 0.29) is 0 Å². The first-order chi connectivity index (χ1) is 32.5. The fourth-order valence-electron chi connectivity index (χ4n) is 4.09. The zero-order chi connectivity index (χ0) is 56.6. The maximum atomic E-state index is 14.3. The molecule has 0 aliphatic rings. The number of rotatable bonds is 34. The van der Waals surface area contributed by atoms with Gasteiger partial charge in [-0.1, -0.05) is 33.2 Å². The van der Waals surface area contributed by atoms with E-state index in [1.807, 2.05) is 0 Å². The first kappa shape index (κ1) is 66.2. The highest BCUT2D eigenvalue weighted by Crippen LogP contribution is 2.50. The molecule has 17 nitrogen and oxygen atoms in total. The van der Waals surface area contributed by atoms with E-state index in [0.717, 1.165) is 13.8 Å². The minimum atomic E-state index is -7.14. The molecular formula is C37H39F18NO16. The van der Waals surface area contributed by atoms with Gasteiger partial charge in [-0.3, -0.25) is 14.3 Å². The second kappa shape index (κ2) is 25.7. The van der Waals surface area contributed by atoms with Gasteiger partial charge >= 0.3 is 84.1 Å². The number of carbonyl (C=O) groups excluding carboxylic acids is 6. The minimum absolute atomic E-state index is 0.559. The number of esters is 5. The Hall–Kier alpha value is -5.84. The van der Waals surface area contributed by atoms with Crippen molar-refractivity contribution in [1.29, 1.82) is 0 Å².